The summed E-state index contributed by atoms with van der Waals surface area (Å²) in [6.45, 7) is 5.51. The summed E-state index contributed by atoms with van der Waals surface area (Å²) in [5.41, 5.74) is 3.36. The van der Waals surface area contributed by atoms with Crippen LogP contribution in [-0.2, 0) is 6.54 Å². The molecule has 0 atom stereocenters. The van der Waals surface area contributed by atoms with Gasteiger partial charge in [0.25, 0.3) is 0 Å². The first-order chi connectivity index (χ1) is 12.0. The van der Waals surface area contributed by atoms with E-state index < -0.39 is 0 Å². The molecule has 1 heterocycles. The van der Waals surface area contributed by atoms with Crippen molar-refractivity contribution in [1.29, 1.82) is 0 Å². The highest BCUT2D eigenvalue weighted by molar-refractivity contribution is 6.42. The Morgan fingerprint density at radius 1 is 1.00 bits per heavy atom. The minimum Gasteiger partial charge on any atom is -0.368 e. The third-order valence-electron chi connectivity index (χ3n) is 4.40. The minimum absolute atomic E-state index is 0.0191. The molecule has 25 heavy (non-hydrogen) atoms. The van der Waals surface area contributed by atoms with Crippen molar-refractivity contribution in [2.45, 2.75) is 13.5 Å². The van der Waals surface area contributed by atoms with Gasteiger partial charge >= 0.3 is 6.03 Å². The molecular weight excluding hydrogens is 357 g/mol. The molecule has 132 valence electrons. The fraction of sp³-hybridized carbons (Fsp3) is 0.316. The van der Waals surface area contributed by atoms with E-state index in [1.807, 2.05) is 29.2 Å². The normalized spacial score (nSPS) is 14.5. The summed E-state index contributed by atoms with van der Waals surface area (Å²) in [6, 6.07) is 13.8. The van der Waals surface area contributed by atoms with Crippen LogP contribution in [0.25, 0.3) is 0 Å². The average molecular weight is 378 g/mol. The van der Waals surface area contributed by atoms with Crippen LogP contribution in [0.5, 0.6) is 0 Å². The fourth-order valence-corrected chi connectivity index (χ4v) is 3.14. The van der Waals surface area contributed by atoms with E-state index in [9.17, 15) is 4.79 Å². The number of hydrogen-bond donors (Lipinski definition) is 1. The lowest BCUT2D eigenvalue weighted by atomic mass is 10.1. The molecule has 6 heteroatoms. The van der Waals surface area contributed by atoms with Crippen LogP contribution in [0.3, 0.4) is 0 Å². The number of anilines is 1. The molecule has 4 nitrogen and oxygen atoms in total. The van der Waals surface area contributed by atoms with Crippen LogP contribution in [0.15, 0.2) is 42.5 Å². The summed E-state index contributed by atoms with van der Waals surface area (Å²) in [6.07, 6.45) is 0. The molecule has 0 spiro atoms. The molecule has 1 aliphatic heterocycles. The van der Waals surface area contributed by atoms with E-state index in [2.05, 4.69) is 29.3 Å². The molecule has 1 fully saturated rings. The highest BCUT2D eigenvalue weighted by atomic mass is 35.5. The topological polar surface area (TPSA) is 35.6 Å². The summed E-state index contributed by atoms with van der Waals surface area (Å²) < 4.78 is 0. The third-order valence-corrected chi connectivity index (χ3v) is 5.14. The summed E-state index contributed by atoms with van der Waals surface area (Å²) in [7, 11) is 0. The second kappa shape index (κ2) is 7.98. The van der Waals surface area contributed by atoms with Gasteiger partial charge in [0.1, 0.15) is 0 Å². The Labute approximate surface area is 158 Å². The van der Waals surface area contributed by atoms with Crippen LogP contribution in [0.1, 0.15) is 11.1 Å². The monoisotopic (exact) mass is 377 g/mol. The number of hydrogen-bond acceptors (Lipinski definition) is 2. The van der Waals surface area contributed by atoms with E-state index in [1.165, 1.54) is 5.56 Å². The van der Waals surface area contributed by atoms with Crippen LogP contribution < -0.4 is 10.2 Å². The van der Waals surface area contributed by atoms with E-state index in [1.54, 1.807) is 6.07 Å². The van der Waals surface area contributed by atoms with Gasteiger partial charge in [0.05, 0.1) is 10.0 Å². The van der Waals surface area contributed by atoms with Crippen molar-refractivity contribution in [3.63, 3.8) is 0 Å². The van der Waals surface area contributed by atoms with Crippen LogP contribution in [-0.4, -0.2) is 37.1 Å². The van der Waals surface area contributed by atoms with E-state index in [-0.39, 0.29) is 6.03 Å². The smallest absolute Gasteiger partial charge is 0.317 e. The number of aryl methyl sites for hydroxylation is 1. The first-order valence-electron chi connectivity index (χ1n) is 8.31. The Hall–Kier alpha value is -1.91. The van der Waals surface area contributed by atoms with Crippen molar-refractivity contribution in [1.82, 2.24) is 10.2 Å². The molecule has 1 saturated heterocycles. The average Bonchev–Trinajstić information content (AvgIpc) is 2.63. The Kier molecular flexibility index (Phi) is 5.71. The zero-order valence-corrected chi connectivity index (χ0v) is 15.6. The van der Waals surface area contributed by atoms with Crippen LogP contribution in [0, 0.1) is 6.92 Å². The molecule has 2 aromatic rings. The number of benzene rings is 2. The maximum Gasteiger partial charge on any atom is 0.317 e. The highest BCUT2D eigenvalue weighted by Gasteiger charge is 2.21. The van der Waals surface area contributed by atoms with Crippen LogP contribution >= 0.6 is 23.2 Å². The first kappa shape index (κ1) is 17.9. The van der Waals surface area contributed by atoms with E-state index in [4.69, 9.17) is 23.2 Å². The van der Waals surface area contributed by atoms with Crippen LogP contribution in [0.2, 0.25) is 10.0 Å². The SMILES string of the molecule is Cc1ccc(CNC(=O)N2CCN(c3ccc(Cl)c(Cl)c3)CC2)cc1. The zero-order valence-electron chi connectivity index (χ0n) is 14.1. The van der Waals surface area contributed by atoms with Gasteiger partial charge in [-0.3, -0.25) is 0 Å². The molecule has 0 unspecified atom stereocenters. The minimum atomic E-state index is -0.0191. The number of rotatable bonds is 3. The first-order valence-corrected chi connectivity index (χ1v) is 9.07. The van der Waals surface area contributed by atoms with Crippen molar-refractivity contribution in [3.05, 3.63) is 63.6 Å². The lowest BCUT2D eigenvalue weighted by molar-refractivity contribution is 0.194. The maximum absolute atomic E-state index is 12.3. The Balaban J connectivity index is 1.50. The molecule has 2 amide bonds. The Morgan fingerprint density at radius 2 is 1.68 bits per heavy atom. The molecule has 0 aliphatic carbocycles. The summed E-state index contributed by atoms with van der Waals surface area (Å²) >= 11 is 12.1. The van der Waals surface area contributed by atoms with Gasteiger partial charge < -0.3 is 15.1 Å². The number of carbonyl (C=O) groups is 1. The van der Waals surface area contributed by atoms with Crippen molar-refractivity contribution < 1.29 is 4.79 Å². The molecule has 2 aromatic carbocycles. The molecule has 0 aromatic heterocycles. The lowest BCUT2D eigenvalue weighted by Crippen LogP contribution is -2.51. The van der Waals surface area contributed by atoms with E-state index >= 15 is 0 Å². The number of nitrogens with zero attached hydrogens (tertiary/aromatic N) is 2. The zero-order chi connectivity index (χ0) is 17.8. The Bertz CT molecular complexity index is 741. The third kappa shape index (κ3) is 4.59. The molecular formula is C19H21Cl2N3O. The van der Waals surface area contributed by atoms with Gasteiger partial charge in [-0.15, -0.1) is 0 Å². The van der Waals surface area contributed by atoms with Crippen molar-refractivity contribution >= 4 is 34.9 Å². The molecule has 0 radical (unpaired) electrons. The number of urea groups is 1. The number of piperazine rings is 1. The highest BCUT2D eigenvalue weighted by Crippen LogP contribution is 2.27. The summed E-state index contributed by atoms with van der Waals surface area (Å²) in [5, 5.41) is 4.10. The number of halogens is 2. The van der Waals surface area contributed by atoms with Crippen molar-refractivity contribution in [2.75, 3.05) is 31.1 Å². The van der Waals surface area contributed by atoms with Crippen molar-refractivity contribution in [3.8, 4) is 0 Å². The lowest BCUT2D eigenvalue weighted by Gasteiger charge is -2.36. The maximum atomic E-state index is 12.3. The molecule has 0 saturated carbocycles. The van der Waals surface area contributed by atoms with Gasteiger partial charge in [-0.25, -0.2) is 4.79 Å². The fourth-order valence-electron chi connectivity index (χ4n) is 2.84. The predicted octanol–water partition coefficient (Wildman–Crippen LogP) is 4.33. The van der Waals surface area contributed by atoms with Gasteiger partial charge in [-0.2, -0.15) is 0 Å². The quantitative estimate of drug-likeness (QED) is 0.863. The summed E-state index contributed by atoms with van der Waals surface area (Å²) in [5.74, 6) is 0. The number of nitrogens with one attached hydrogen (secondary N) is 1. The number of carbonyl (C=O) groups excluding carboxylic acids is 1. The van der Waals surface area contributed by atoms with E-state index in [0.717, 1.165) is 24.3 Å². The predicted molar refractivity (Wildman–Crippen MR) is 104 cm³/mol. The second-order valence-corrected chi connectivity index (χ2v) is 7.03. The molecule has 1 aliphatic rings. The summed E-state index contributed by atoms with van der Waals surface area (Å²) in [4.78, 5) is 16.4. The van der Waals surface area contributed by atoms with Crippen LogP contribution in [0.4, 0.5) is 10.5 Å². The molecule has 1 N–H and O–H groups in total. The standard InChI is InChI=1S/C19H21Cl2N3O/c1-14-2-4-15(5-3-14)13-22-19(25)24-10-8-23(9-11-24)16-6-7-17(20)18(21)12-16/h2-7,12H,8-11,13H2,1H3,(H,22,25). The van der Waals surface area contributed by atoms with Gasteiger partial charge in [-0.1, -0.05) is 53.0 Å². The molecule has 3 rings (SSSR count). The van der Waals surface area contributed by atoms with Gasteiger partial charge in [0, 0.05) is 38.4 Å². The number of amides is 2. The van der Waals surface area contributed by atoms with Crippen molar-refractivity contribution in [2.24, 2.45) is 0 Å². The van der Waals surface area contributed by atoms with Gasteiger partial charge in [0.15, 0.2) is 0 Å². The second-order valence-electron chi connectivity index (χ2n) is 6.22. The molecule has 0 bridgehead atoms. The van der Waals surface area contributed by atoms with Gasteiger partial charge in [-0.05, 0) is 30.7 Å². The Morgan fingerprint density at radius 3 is 2.32 bits per heavy atom. The van der Waals surface area contributed by atoms with E-state index in [0.29, 0.717) is 29.7 Å². The largest absolute Gasteiger partial charge is 0.368 e. The van der Waals surface area contributed by atoms with Gasteiger partial charge in [0.2, 0.25) is 0 Å².